The maximum atomic E-state index is 12.8. The zero-order valence-electron chi connectivity index (χ0n) is 14.1. The molecule has 2 unspecified atom stereocenters. The molecule has 1 aromatic heterocycles. The normalized spacial score (nSPS) is 24.8. The van der Waals surface area contributed by atoms with Crippen LogP contribution in [0.25, 0.3) is 10.9 Å². The van der Waals surface area contributed by atoms with E-state index in [9.17, 15) is 14.7 Å². The molecule has 2 N–H and O–H groups in total. The largest absolute Gasteiger partial charge is 0.391 e. The highest BCUT2D eigenvalue weighted by Gasteiger charge is 2.33. The Hall–Kier alpha value is -2.18. The average molecular weight is 341 g/mol. The van der Waals surface area contributed by atoms with Crippen LogP contribution in [-0.4, -0.2) is 64.1 Å². The van der Waals surface area contributed by atoms with Gasteiger partial charge in [0, 0.05) is 37.7 Å². The van der Waals surface area contributed by atoms with Crippen LogP contribution in [0.1, 0.15) is 29.6 Å². The number of aromatic amines is 1. The molecular formula is C19H23N3O3. The van der Waals surface area contributed by atoms with E-state index in [2.05, 4.69) is 9.88 Å². The second-order valence-corrected chi connectivity index (χ2v) is 6.99. The Morgan fingerprint density at radius 1 is 1.12 bits per heavy atom. The second kappa shape index (κ2) is 6.61. The number of piperazine rings is 1. The van der Waals surface area contributed by atoms with Crippen molar-refractivity contribution in [2.24, 2.45) is 0 Å². The van der Waals surface area contributed by atoms with Gasteiger partial charge >= 0.3 is 0 Å². The number of hydrogen-bond donors (Lipinski definition) is 2. The average Bonchev–Trinajstić information content (AvgIpc) is 3.06. The molecule has 1 amide bonds. The molecule has 1 aliphatic carbocycles. The lowest BCUT2D eigenvalue weighted by Gasteiger charge is -2.39. The van der Waals surface area contributed by atoms with E-state index >= 15 is 0 Å². The first kappa shape index (κ1) is 16.3. The SMILES string of the molecule is O=C(c1cc2ccccc2[nH]c1=O)N1CCN(C2CCCC2O)CC1. The molecule has 2 aliphatic rings. The minimum atomic E-state index is -0.336. The van der Waals surface area contributed by atoms with Crippen molar-refractivity contribution in [2.45, 2.75) is 31.4 Å². The predicted molar refractivity (Wildman–Crippen MR) is 95.7 cm³/mol. The minimum Gasteiger partial charge on any atom is -0.391 e. The van der Waals surface area contributed by atoms with Crippen molar-refractivity contribution in [3.05, 3.63) is 46.2 Å². The summed E-state index contributed by atoms with van der Waals surface area (Å²) in [5, 5.41) is 10.9. The summed E-state index contributed by atoms with van der Waals surface area (Å²) in [6, 6.07) is 9.38. The van der Waals surface area contributed by atoms with E-state index in [1.54, 1.807) is 11.0 Å². The molecule has 0 bridgehead atoms. The van der Waals surface area contributed by atoms with Crippen LogP contribution in [0.2, 0.25) is 0 Å². The van der Waals surface area contributed by atoms with Crippen molar-refractivity contribution < 1.29 is 9.90 Å². The molecule has 1 aliphatic heterocycles. The molecule has 25 heavy (non-hydrogen) atoms. The fourth-order valence-electron chi connectivity index (χ4n) is 4.08. The number of nitrogens with zero attached hydrogens (tertiary/aromatic N) is 2. The number of nitrogens with one attached hydrogen (secondary N) is 1. The first-order valence-corrected chi connectivity index (χ1v) is 8.97. The number of benzene rings is 1. The van der Waals surface area contributed by atoms with Crippen molar-refractivity contribution in [3.8, 4) is 0 Å². The smallest absolute Gasteiger partial charge is 0.261 e. The van der Waals surface area contributed by atoms with Gasteiger partial charge in [-0.05, 0) is 36.8 Å². The Kier molecular flexibility index (Phi) is 4.31. The summed E-state index contributed by atoms with van der Waals surface area (Å²) in [7, 11) is 0. The maximum Gasteiger partial charge on any atom is 0.261 e. The van der Waals surface area contributed by atoms with E-state index in [-0.39, 0.29) is 29.2 Å². The van der Waals surface area contributed by atoms with E-state index in [1.165, 1.54) is 0 Å². The predicted octanol–water partition coefficient (Wildman–Crippen LogP) is 1.20. The van der Waals surface area contributed by atoms with Gasteiger partial charge in [-0.3, -0.25) is 14.5 Å². The van der Waals surface area contributed by atoms with Crippen molar-refractivity contribution in [1.29, 1.82) is 0 Å². The third-order valence-electron chi connectivity index (χ3n) is 5.50. The Labute approximate surface area is 146 Å². The first-order valence-electron chi connectivity index (χ1n) is 8.97. The maximum absolute atomic E-state index is 12.8. The monoisotopic (exact) mass is 341 g/mol. The van der Waals surface area contributed by atoms with E-state index in [0.717, 1.165) is 43.3 Å². The van der Waals surface area contributed by atoms with Gasteiger partial charge in [-0.15, -0.1) is 0 Å². The number of aliphatic hydroxyl groups excluding tert-OH is 1. The zero-order chi connectivity index (χ0) is 17.4. The Morgan fingerprint density at radius 3 is 2.60 bits per heavy atom. The molecule has 2 atom stereocenters. The number of carbonyl (C=O) groups excluding carboxylic acids is 1. The fraction of sp³-hybridized carbons (Fsp3) is 0.474. The van der Waals surface area contributed by atoms with Gasteiger partial charge < -0.3 is 15.0 Å². The molecule has 0 spiro atoms. The number of hydrogen-bond acceptors (Lipinski definition) is 4. The van der Waals surface area contributed by atoms with Crippen LogP contribution in [0.4, 0.5) is 0 Å². The van der Waals surface area contributed by atoms with E-state index in [0.29, 0.717) is 13.1 Å². The van der Waals surface area contributed by atoms with Gasteiger partial charge in [-0.2, -0.15) is 0 Å². The van der Waals surface area contributed by atoms with Crippen LogP contribution in [-0.2, 0) is 0 Å². The molecular weight excluding hydrogens is 318 g/mol. The Bertz CT molecular complexity index is 839. The molecule has 2 heterocycles. The van der Waals surface area contributed by atoms with Crippen molar-refractivity contribution in [2.75, 3.05) is 26.2 Å². The molecule has 2 aromatic rings. The lowest BCUT2D eigenvalue weighted by atomic mass is 10.1. The fourth-order valence-corrected chi connectivity index (χ4v) is 4.08. The molecule has 132 valence electrons. The van der Waals surface area contributed by atoms with Gasteiger partial charge in [-0.25, -0.2) is 0 Å². The Morgan fingerprint density at radius 2 is 1.88 bits per heavy atom. The highest BCUT2D eigenvalue weighted by molar-refractivity contribution is 5.97. The number of carbonyl (C=O) groups is 1. The van der Waals surface area contributed by atoms with Gasteiger partial charge in [-0.1, -0.05) is 18.2 Å². The summed E-state index contributed by atoms with van der Waals surface area (Å²) >= 11 is 0. The van der Waals surface area contributed by atoms with Crippen LogP contribution in [0.3, 0.4) is 0 Å². The number of amides is 1. The number of fused-ring (bicyclic) bond motifs is 1. The lowest BCUT2D eigenvalue weighted by molar-refractivity contribution is 0.0315. The van der Waals surface area contributed by atoms with Crippen molar-refractivity contribution in [1.82, 2.24) is 14.8 Å². The van der Waals surface area contributed by atoms with E-state index in [1.807, 2.05) is 24.3 Å². The van der Waals surface area contributed by atoms with Crippen LogP contribution < -0.4 is 5.56 Å². The topological polar surface area (TPSA) is 76.6 Å². The van der Waals surface area contributed by atoms with E-state index in [4.69, 9.17) is 0 Å². The Balaban J connectivity index is 1.49. The molecule has 6 heteroatoms. The van der Waals surface area contributed by atoms with Gasteiger partial charge in [0.05, 0.1) is 6.10 Å². The van der Waals surface area contributed by atoms with Crippen LogP contribution >= 0.6 is 0 Å². The number of rotatable bonds is 2. The van der Waals surface area contributed by atoms with Gasteiger partial charge in [0.25, 0.3) is 11.5 Å². The summed E-state index contributed by atoms with van der Waals surface area (Å²) in [5.41, 5.74) is 0.606. The number of pyridine rings is 1. The third-order valence-corrected chi connectivity index (χ3v) is 5.50. The quantitative estimate of drug-likeness (QED) is 0.861. The summed E-state index contributed by atoms with van der Waals surface area (Å²) in [5.74, 6) is -0.210. The van der Waals surface area contributed by atoms with Gasteiger partial charge in [0.15, 0.2) is 0 Å². The molecule has 1 saturated carbocycles. The molecule has 6 nitrogen and oxygen atoms in total. The highest BCUT2D eigenvalue weighted by atomic mass is 16.3. The van der Waals surface area contributed by atoms with Crippen LogP contribution in [0.5, 0.6) is 0 Å². The second-order valence-electron chi connectivity index (χ2n) is 6.99. The lowest BCUT2D eigenvalue weighted by Crippen LogP contribution is -2.54. The number of para-hydroxylation sites is 1. The highest BCUT2D eigenvalue weighted by Crippen LogP contribution is 2.25. The van der Waals surface area contributed by atoms with Crippen LogP contribution in [0, 0.1) is 0 Å². The summed E-state index contributed by atoms with van der Waals surface area (Å²) in [4.78, 5) is 31.9. The zero-order valence-corrected chi connectivity index (χ0v) is 14.1. The summed E-state index contributed by atoms with van der Waals surface area (Å²) in [6.45, 7) is 2.68. The first-order chi connectivity index (χ1) is 12.1. The third kappa shape index (κ3) is 3.07. The number of H-pyrrole nitrogens is 1. The molecule has 2 fully saturated rings. The van der Waals surface area contributed by atoms with E-state index < -0.39 is 0 Å². The van der Waals surface area contributed by atoms with Gasteiger partial charge in [0.2, 0.25) is 0 Å². The molecule has 1 aromatic carbocycles. The molecule has 1 saturated heterocycles. The van der Waals surface area contributed by atoms with Gasteiger partial charge in [0.1, 0.15) is 5.56 Å². The van der Waals surface area contributed by atoms with Crippen molar-refractivity contribution in [3.63, 3.8) is 0 Å². The van der Waals surface area contributed by atoms with Crippen LogP contribution in [0.15, 0.2) is 35.1 Å². The number of aliphatic hydroxyl groups is 1. The summed E-state index contributed by atoms with van der Waals surface area (Å²) in [6.07, 6.45) is 2.72. The van der Waals surface area contributed by atoms with Crippen molar-refractivity contribution >= 4 is 16.8 Å². The molecule has 4 rings (SSSR count). The number of aromatic nitrogens is 1. The molecule has 0 radical (unpaired) electrons. The summed E-state index contributed by atoms with van der Waals surface area (Å²) < 4.78 is 0. The standard InChI is InChI=1S/C19H23N3O3/c23-17-7-3-6-16(17)21-8-10-22(11-9-21)19(25)14-12-13-4-1-2-5-15(13)20-18(14)24/h1-2,4-5,12,16-17,23H,3,6-11H2,(H,20,24). The minimum absolute atomic E-state index is 0.202.